The van der Waals surface area contributed by atoms with E-state index in [2.05, 4.69) is 33.2 Å². The minimum absolute atomic E-state index is 0.0946. The fourth-order valence-corrected chi connectivity index (χ4v) is 5.39. The third kappa shape index (κ3) is 2.78. The highest BCUT2D eigenvalue weighted by atomic mass is 19.4. The van der Waals surface area contributed by atoms with Gasteiger partial charge in [0.05, 0.1) is 23.4 Å². The summed E-state index contributed by atoms with van der Waals surface area (Å²) < 4.78 is 39.8. The third-order valence-corrected chi connectivity index (χ3v) is 7.56. The number of fused-ring (bicyclic) bond motifs is 5. The second kappa shape index (κ2) is 6.27. The summed E-state index contributed by atoms with van der Waals surface area (Å²) in [5.41, 5.74) is 3.58. The van der Waals surface area contributed by atoms with Crippen molar-refractivity contribution in [2.45, 2.75) is 51.2 Å². The molecule has 3 aromatic rings. The van der Waals surface area contributed by atoms with Crippen molar-refractivity contribution >= 4 is 16.9 Å². The van der Waals surface area contributed by atoms with Crippen LogP contribution in [0.5, 0.6) is 0 Å². The van der Waals surface area contributed by atoms with Crippen molar-refractivity contribution in [3.8, 4) is 11.4 Å². The van der Waals surface area contributed by atoms with Crippen LogP contribution in [0, 0.1) is 5.41 Å². The summed E-state index contributed by atoms with van der Waals surface area (Å²) in [4.78, 5) is 21.2. The van der Waals surface area contributed by atoms with Gasteiger partial charge in [-0.1, -0.05) is 20.8 Å². The van der Waals surface area contributed by atoms with Gasteiger partial charge in [-0.15, -0.1) is 0 Å². The molecule has 1 amide bonds. The molecule has 5 rings (SSSR count). The van der Waals surface area contributed by atoms with Crippen molar-refractivity contribution in [3.05, 3.63) is 41.7 Å². The third-order valence-electron chi connectivity index (χ3n) is 7.56. The van der Waals surface area contributed by atoms with E-state index in [1.54, 1.807) is 12.4 Å². The van der Waals surface area contributed by atoms with Gasteiger partial charge in [0.1, 0.15) is 5.82 Å². The average molecular weight is 429 g/mol. The van der Waals surface area contributed by atoms with Crippen molar-refractivity contribution in [2.24, 2.45) is 5.41 Å². The number of benzene rings is 1. The summed E-state index contributed by atoms with van der Waals surface area (Å²) in [6, 6.07) is 5.30. The number of piperidine rings is 1. The smallest absolute Gasteiger partial charge is 0.338 e. The van der Waals surface area contributed by atoms with E-state index in [0.29, 0.717) is 18.7 Å². The fraction of sp³-hybridized carbons (Fsp3) is 0.455. The zero-order chi connectivity index (χ0) is 22.2. The number of halogens is 3. The maximum Gasteiger partial charge on any atom is 0.471 e. The Morgan fingerprint density at radius 2 is 2.00 bits per heavy atom. The van der Waals surface area contributed by atoms with Crippen molar-refractivity contribution < 1.29 is 18.0 Å². The number of H-pyrrole nitrogens is 1. The van der Waals surface area contributed by atoms with Gasteiger partial charge in [0.25, 0.3) is 0 Å². The first-order valence-corrected chi connectivity index (χ1v) is 10.2. The molecule has 2 aromatic heterocycles. The highest BCUT2D eigenvalue weighted by Gasteiger charge is 2.59. The van der Waals surface area contributed by atoms with Gasteiger partial charge < -0.3 is 9.88 Å². The fourth-order valence-electron chi connectivity index (χ4n) is 5.39. The van der Waals surface area contributed by atoms with Crippen LogP contribution in [-0.2, 0) is 16.6 Å². The van der Waals surface area contributed by atoms with Gasteiger partial charge in [0.15, 0.2) is 0 Å². The number of amides is 1. The second-order valence-corrected chi connectivity index (χ2v) is 9.26. The maximum absolute atomic E-state index is 13.3. The summed E-state index contributed by atoms with van der Waals surface area (Å²) in [6.45, 7) is 6.14. The molecule has 2 bridgehead atoms. The van der Waals surface area contributed by atoms with Gasteiger partial charge in [-0.25, -0.2) is 4.98 Å². The van der Waals surface area contributed by atoms with Crippen LogP contribution in [0.4, 0.5) is 13.2 Å². The standard InChI is InChI=1S/C22H22F3N5O/c1-20(2)17-9-13-8-15-16(29-18(28-15)12-4-6-26-27-11-12)10-14(13)21(20,3)5-7-30(17)19(31)22(23,24)25/h4,6,8,10-11,17H,5,7,9H2,1-3H3,(H,28,29)/t17-,21+/m1/s1. The number of rotatable bonds is 1. The largest absolute Gasteiger partial charge is 0.471 e. The van der Waals surface area contributed by atoms with E-state index in [1.165, 1.54) is 0 Å². The lowest BCUT2D eigenvalue weighted by Crippen LogP contribution is -2.66. The highest BCUT2D eigenvalue weighted by Crippen LogP contribution is 2.56. The van der Waals surface area contributed by atoms with E-state index >= 15 is 0 Å². The van der Waals surface area contributed by atoms with Crippen molar-refractivity contribution in [1.82, 2.24) is 25.1 Å². The molecule has 1 aliphatic heterocycles. The van der Waals surface area contributed by atoms with Gasteiger partial charge >= 0.3 is 12.1 Å². The van der Waals surface area contributed by atoms with Gasteiger partial charge in [-0.3, -0.25) is 4.79 Å². The second-order valence-electron chi connectivity index (χ2n) is 9.26. The highest BCUT2D eigenvalue weighted by molar-refractivity contribution is 5.84. The zero-order valence-corrected chi connectivity index (χ0v) is 17.4. The molecule has 31 heavy (non-hydrogen) atoms. The molecule has 3 heterocycles. The molecule has 9 heteroatoms. The summed E-state index contributed by atoms with van der Waals surface area (Å²) in [7, 11) is 0. The normalized spacial score (nSPS) is 24.8. The molecular weight excluding hydrogens is 407 g/mol. The molecule has 162 valence electrons. The molecule has 0 unspecified atom stereocenters. The molecule has 0 radical (unpaired) electrons. The Morgan fingerprint density at radius 1 is 1.23 bits per heavy atom. The zero-order valence-electron chi connectivity index (χ0n) is 17.4. The van der Waals surface area contributed by atoms with E-state index in [-0.39, 0.29) is 12.0 Å². The number of alkyl halides is 3. The topological polar surface area (TPSA) is 74.8 Å². The lowest BCUT2D eigenvalue weighted by atomic mass is 9.51. The molecule has 2 atom stereocenters. The predicted molar refractivity (Wildman–Crippen MR) is 108 cm³/mol. The number of hydrogen-bond donors (Lipinski definition) is 1. The maximum atomic E-state index is 13.3. The lowest BCUT2D eigenvalue weighted by molar-refractivity contribution is -0.195. The average Bonchev–Trinajstić information content (AvgIpc) is 3.12. The van der Waals surface area contributed by atoms with Crippen molar-refractivity contribution in [3.63, 3.8) is 0 Å². The van der Waals surface area contributed by atoms with E-state index in [1.807, 2.05) is 26.0 Å². The Bertz CT molecular complexity index is 1190. The minimum atomic E-state index is -4.87. The lowest BCUT2D eigenvalue weighted by Gasteiger charge is -2.60. The number of aromatic amines is 1. The first-order valence-electron chi connectivity index (χ1n) is 10.2. The number of hydrogen-bond acceptors (Lipinski definition) is 4. The van der Waals surface area contributed by atoms with Crippen LogP contribution < -0.4 is 0 Å². The Hall–Kier alpha value is -2.97. The quantitative estimate of drug-likeness (QED) is 0.634. The van der Waals surface area contributed by atoms with Gasteiger partial charge in [0, 0.05) is 23.6 Å². The molecule has 0 spiro atoms. The molecule has 2 aliphatic rings. The molecule has 1 aliphatic carbocycles. The van der Waals surface area contributed by atoms with Gasteiger partial charge in [-0.05, 0) is 47.6 Å². The van der Waals surface area contributed by atoms with Crippen LogP contribution in [0.3, 0.4) is 0 Å². The van der Waals surface area contributed by atoms with E-state index in [0.717, 1.165) is 32.6 Å². The van der Waals surface area contributed by atoms with Crippen molar-refractivity contribution in [2.75, 3.05) is 6.54 Å². The first-order chi connectivity index (χ1) is 14.5. The van der Waals surface area contributed by atoms with Crippen LogP contribution in [-0.4, -0.2) is 49.7 Å². The number of nitrogens with zero attached hydrogens (tertiary/aromatic N) is 4. The number of likely N-dealkylation sites (tertiary alicyclic amines) is 1. The predicted octanol–water partition coefficient (Wildman–Crippen LogP) is 4.02. The number of imidazole rings is 1. The molecule has 1 N–H and O–H groups in total. The van der Waals surface area contributed by atoms with Crippen LogP contribution >= 0.6 is 0 Å². The Morgan fingerprint density at radius 3 is 2.68 bits per heavy atom. The molecule has 1 fully saturated rings. The number of carbonyl (C=O) groups excluding carboxylic acids is 1. The Balaban J connectivity index is 1.63. The van der Waals surface area contributed by atoms with Crippen LogP contribution in [0.1, 0.15) is 38.3 Å². The minimum Gasteiger partial charge on any atom is -0.338 e. The Kier molecular flexibility index (Phi) is 4.04. The first kappa shape index (κ1) is 20.0. The van der Waals surface area contributed by atoms with E-state index in [9.17, 15) is 18.0 Å². The molecule has 0 saturated carbocycles. The number of nitrogens with one attached hydrogen (secondary N) is 1. The summed E-state index contributed by atoms with van der Waals surface area (Å²) in [5, 5.41) is 7.67. The summed E-state index contributed by atoms with van der Waals surface area (Å²) in [6.07, 6.45) is -0.827. The number of carbonyl (C=O) groups is 1. The number of aromatic nitrogens is 4. The molecule has 6 nitrogen and oxygen atoms in total. The van der Waals surface area contributed by atoms with Crippen LogP contribution in [0.15, 0.2) is 30.6 Å². The van der Waals surface area contributed by atoms with Crippen molar-refractivity contribution in [1.29, 1.82) is 0 Å². The SMILES string of the molecule is CC1(C)[C@H]2Cc3cc4nc(-c5ccnnc5)[nH]c4cc3[C@]1(C)CCN2C(=O)C(F)(F)F. The summed E-state index contributed by atoms with van der Waals surface area (Å²) in [5.74, 6) is -1.09. The monoisotopic (exact) mass is 429 g/mol. The van der Waals surface area contributed by atoms with Gasteiger partial charge in [-0.2, -0.15) is 23.4 Å². The van der Waals surface area contributed by atoms with Gasteiger partial charge in [0.2, 0.25) is 0 Å². The Labute approximate surface area is 176 Å². The van der Waals surface area contributed by atoms with Crippen LogP contribution in [0.25, 0.3) is 22.4 Å². The van der Waals surface area contributed by atoms with Crippen LogP contribution in [0.2, 0.25) is 0 Å². The molecule has 1 aromatic carbocycles. The van der Waals surface area contributed by atoms with E-state index in [4.69, 9.17) is 0 Å². The molecular formula is C22H22F3N5O. The van der Waals surface area contributed by atoms with E-state index < -0.39 is 23.5 Å². The summed E-state index contributed by atoms with van der Waals surface area (Å²) >= 11 is 0. The molecule has 1 saturated heterocycles.